The van der Waals surface area contributed by atoms with Crippen LogP contribution in [0.25, 0.3) is 0 Å². The molecule has 2 atom stereocenters. The number of aromatic nitrogens is 1. The minimum atomic E-state index is -3.74. The number of thiazole rings is 1. The number of ether oxygens (including phenoxy) is 2. The second-order valence-corrected chi connectivity index (χ2v) is 11.2. The zero-order valence-corrected chi connectivity index (χ0v) is 22.5. The molecule has 2 aliphatic heterocycles. The Kier molecular flexibility index (Phi) is 7.32. The third-order valence-corrected chi connectivity index (χ3v) is 8.36. The molecule has 202 valence electrons. The van der Waals surface area contributed by atoms with Crippen LogP contribution in [-0.2, 0) is 10.2 Å². The second kappa shape index (κ2) is 10.4. The minimum Gasteiger partial charge on any atom is -0.395 e. The van der Waals surface area contributed by atoms with Crippen LogP contribution in [0.5, 0.6) is 11.5 Å². The van der Waals surface area contributed by atoms with E-state index in [0.717, 1.165) is 36.4 Å². The number of hydrogen-bond acceptors (Lipinski definition) is 6. The quantitative estimate of drug-likeness (QED) is 0.314. The van der Waals surface area contributed by atoms with Gasteiger partial charge < -0.3 is 14.8 Å². The van der Waals surface area contributed by atoms with Crippen molar-refractivity contribution in [3.8, 4) is 11.5 Å². The van der Waals surface area contributed by atoms with Gasteiger partial charge >= 0.3 is 6.29 Å². The first-order chi connectivity index (χ1) is 18.1. The van der Waals surface area contributed by atoms with Crippen molar-refractivity contribution < 1.29 is 27.4 Å². The maximum Gasteiger partial charge on any atom is 0.586 e. The molecular formula is C27H27ClF3N3O3S. The van der Waals surface area contributed by atoms with Gasteiger partial charge in [0.25, 0.3) is 0 Å². The van der Waals surface area contributed by atoms with E-state index < -0.39 is 17.5 Å². The van der Waals surface area contributed by atoms with Crippen LogP contribution in [0.2, 0.25) is 5.02 Å². The van der Waals surface area contributed by atoms with Crippen LogP contribution in [0.15, 0.2) is 42.6 Å². The molecule has 38 heavy (non-hydrogen) atoms. The van der Waals surface area contributed by atoms with Gasteiger partial charge in [0.1, 0.15) is 5.82 Å². The van der Waals surface area contributed by atoms with Crippen molar-refractivity contribution in [1.82, 2.24) is 9.88 Å². The Labute approximate surface area is 227 Å². The van der Waals surface area contributed by atoms with Crippen LogP contribution in [0.3, 0.4) is 0 Å². The van der Waals surface area contributed by atoms with E-state index in [1.165, 1.54) is 35.6 Å². The van der Waals surface area contributed by atoms with E-state index in [1.54, 1.807) is 25.3 Å². The number of likely N-dealkylation sites (tertiary alicyclic amines) is 1. The highest BCUT2D eigenvalue weighted by Gasteiger charge is 2.45. The molecular weight excluding hydrogens is 539 g/mol. The van der Waals surface area contributed by atoms with E-state index in [0.29, 0.717) is 28.6 Å². The SMILES string of the molecule is CCCC(C)(C(=O)Nc1ncc(C(c2ccc(F)cc2Cl)N2CCCC2)s1)c1ccc2c(c1)OC(F)(F)O2. The number of nitrogens with zero attached hydrogens (tertiary/aromatic N) is 2. The van der Waals surface area contributed by atoms with Crippen LogP contribution in [0.4, 0.5) is 18.3 Å². The van der Waals surface area contributed by atoms with Gasteiger partial charge in [-0.1, -0.05) is 48.4 Å². The molecule has 2 aliphatic rings. The van der Waals surface area contributed by atoms with Crippen LogP contribution >= 0.6 is 22.9 Å². The topological polar surface area (TPSA) is 63.7 Å². The molecule has 11 heteroatoms. The molecule has 0 radical (unpaired) electrons. The van der Waals surface area contributed by atoms with E-state index in [1.807, 2.05) is 6.92 Å². The van der Waals surface area contributed by atoms with Crippen LogP contribution in [-0.4, -0.2) is 35.2 Å². The predicted octanol–water partition coefficient (Wildman–Crippen LogP) is 7.14. The molecule has 3 aromatic rings. The highest BCUT2D eigenvalue weighted by atomic mass is 35.5. The molecule has 1 N–H and O–H groups in total. The summed E-state index contributed by atoms with van der Waals surface area (Å²) in [5.74, 6) is -0.902. The number of fused-ring (bicyclic) bond motifs is 1. The first kappa shape index (κ1) is 26.8. The van der Waals surface area contributed by atoms with Gasteiger partial charge in [0, 0.05) is 16.1 Å². The lowest BCUT2D eigenvalue weighted by Crippen LogP contribution is -2.37. The molecule has 5 rings (SSSR count). The number of hydrogen-bond donors (Lipinski definition) is 1. The summed E-state index contributed by atoms with van der Waals surface area (Å²) in [5, 5.41) is 3.67. The number of anilines is 1. The van der Waals surface area contributed by atoms with Gasteiger partial charge in [-0.15, -0.1) is 8.78 Å². The van der Waals surface area contributed by atoms with Crippen LogP contribution in [0.1, 0.15) is 61.6 Å². The highest BCUT2D eigenvalue weighted by Crippen LogP contribution is 2.44. The standard InChI is InChI=1S/C27H27ClF3N3O3S/c1-3-10-26(2,16-6-9-20-21(13-16)37-27(30,31)36-20)24(35)33-25-32-15-22(38-25)23(34-11-4-5-12-34)18-8-7-17(29)14-19(18)28/h6-9,13-15,23H,3-5,10-12H2,1-2H3,(H,32,33,35). The van der Waals surface area contributed by atoms with Crippen molar-refractivity contribution in [3.05, 3.63) is 69.4 Å². The fraction of sp³-hybridized carbons (Fsp3) is 0.407. The third-order valence-electron chi connectivity index (χ3n) is 7.07. The van der Waals surface area contributed by atoms with Crippen molar-refractivity contribution in [2.75, 3.05) is 18.4 Å². The molecule has 2 aromatic carbocycles. The first-order valence-corrected chi connectivity index (χ1v) is 13.7. The minimum absolute atomic E-state index is 0.0741. The summed E-state index contributed by atoms with van der Waals surface area (Å²) in [6.07, 6.45) is 1.22. The van der Waals surface area contributed by atoms with Gasteiger partial charge in [0.05, 0.1) is 11.5 Å². The first-order valence-electron chi connectivity index (χ1n) is 12.5. The lowest BCUT2D eigenvalue weighted by molar-refractivity contribution is -0.286. The number of amides is 1. The van der Waals surface area contributed by atoms with E-state index in [9.17, 15) is 18.0 Å². The van der Waals surface area contributed by atoms with E-state index in [-0.39, 0.29) is 23.4 Å². The number of rotatable bonds is 8. The van der Waals surface area contributed by atoms with Crippen LogP contribution < -0.4 is 14.8 Å². The molecule has 1 saturated heterocycles. The van der Waals surface area contributed by atoms with Crippen molar-refractivity contribution in [2.45, 2.75) is 57.3 Å². The molecule has 1 fully saturated rings. The van der Waals surface area contributed by atoms with Crippen molar-refractivity contribution >= 4 is 34.0 Å². The largest absolute Gasteiger partial charge is 0.586 e. The van der Waals surface area contributed by atoms with Crippen LogP contribution in [0, 0.1) is 5.82 Å². The molecule has 1 amide bonds. The number of nitrogens with one attached hydrogen (secondary N) is 1. The number of halogens is 4. The molecule has 0 spiro atoms. The summed E-state index contributed by atoms with van der Waals surface area (Å²) >= 11 is 7.78. The Hall–Kier alpha value is -2.82. The summed E-state index contributed by atoms with van der Waals surface area (Å²) in [7, 11) is 0. The average Bonchev–Trinajstić information content (AvgIpc) is 3.60. The normalized spacial score (nSPS) is 18.8. The van der Waals surface area contributed by atoms with Gasteiger partial charge in [-0.2, -0.15) is 0 Å². The summed E-state index contributed by atoms with van der Waals surface area (Å²) in [6, 6.07) is 8.60. The number of carbonyl (C=O) groups is 1. The lowest BCUT2D eigenvalue weighted by atomic mass is 9.77. The summed E-state index contributed by atoms with van der Waals surface area (Å²) in [5.41, 5.74) is 0.275. The van der Waals surface area contributed by atoms with Gasteiger partial charge in [-0.3, -0.25) is 9.69 Å². The van der Waals surface area contributed by atoms with E-state index in [2.05, 4.69) is 24.7 Å². The molecule has 6 nitrogen and oxygen atoms in total. The summed E-state index contributed by atoms with van der Waals surface area (Å²) in [6.45, 7) is 5.45. The van der Waals surface area contributed by atoms with Gasteiger partial charge in [-0.25, -0.2) is 9.37 Å². The second-order valence-electron chi connectivity index (χ2n) is 9.74. The highest BCUT2D eigenvalue weighted by molar-refractivity contribution is 7.15. The van der Waals surface area contributed by atoms with Gasteiger partial charge in [0.15, 0.2) is 16.6 Å². The predicted molar refractivity (Wildman–Crippen MR) is 140 cm³/mol. The summed E-state index contributed by atoms with van der Waals surface area (Å²) < 4.78 is 50.0. The lowest BCUT2D eigenvalue weighted by Gasteiger charge is -2.28. The Morgan fingerprint density at radius 1 is 1.21 bits per heavy atom. The molecule has 1 aromatic heterocycles. The molecule has 0 saturated carbocycles. The summed E-state index contributed by atoms with van der Waals surface area (Å²) in [4.78, 5) is 21.2. The number of benzene rings is 2. The average molecular weight is 566 g/mol. The fourth-order valence-electron chi connectivity index (χ4n) is 5.14. The Bertz CT molecular complexity index is 1350. The molecule has 2 unspecified atom stereocenters. The molecule has 3 heterocycles. The number of alkyl halides is 2. The molecule has 0 bridgehead atoms. The van der Waals surface area contributed by atoms with E-state index >= 15 is 0 Å². The monoisotopic (exact) mass is 565 g/mol. The fourth-order valence-corrected chi connectivity index (χ4v) is 6.38. The van der Waals surface area contributed by atoms with Crippen molar-refractivity contribution in [2.24, 2.45) is 0 Å². The van der Waals surface area contributed by atoms with Crippen molar-refractivity contribution in [1.29, 1.82) is 0 Å². The number of carbonyl (C=O) groups excluding carboxylic acids is 1. The third kappa shape index (κ3) is 5.21. The molecule has 0 aliphatic carbocycles. The van der Waals surface area contributed by atoms with Gasteiger partial charge in [-0.05, 0) is 74.7 Å². The maximum atomic E-state index is 13.8. The Balaban J connectivity index is 1.41. The zero-order valence-electron chi connectivity index (χ0n) is 20.9. The Morgan fingerprint density at radius 3 is 2.66 bits per heavy atom. The maximum absolute atomic E-state index is 13.8. The zero-order chi connectivity index (χ0) is 27.1. The van der Waals surface area contributed by atoms with Gasteiger partial charge in [0.2, 0.25) is 5.91 Å². The smallest absolute Gasteiger partial charge is 0.395 e. The van der Waals surface area contributed by atoms with E-state index in [4.69, 9.17) is 11.6 Å². The van der Waals surface area contributed by atoms with Crippen molar-refractivity contribution in [3.63, 3.8) is 0 Å². The Morgan fingerprint density at radius 2 is 1.95 bits per heavy atom.